The van der Waals surface area contributed by atoms with Gasteiger partial charge in [0.15, 0.2) is 0 Å². The van der Waals surface area contributed by atoms with E-state index in [4.69, 9.17) is 9.47 Å². The SMILES string of the molecule is CCOCc1nc(N(C)C)ncc1C(=O)N1CCOCC1. The van der Waals surface area contributed by atoms with Gasteiger partial charge in [0.2, 0.25) is 5.95 Å². The highest BCUT2D eigenvalue weighted by Gasteiger charge is 2.23. The van der Waals surface area contributed by atoms with Crippen molar-refractivity contribution >= 4 is 11.9 Å². The average molecular weight is 294 g/mol. The molecule has 21 heavy (non-hydrogen) atoms. The molecule has 1 aromatic heterocycles. The molecule has 1 aliphatic rings. The second-order valence-corrected chi connectivity index (χ2v) is 4.97. The van der Waals surface area contributed by atoms with Crippen molar-refractivity contribution in [2.45, 2.75) is 13.5 Å². The Morgan fingerprint density at radius 3 is 2.76 bits per heavy atom. The highest BCUT2D eigenvalue weighted by atomic mass is 16.5. The lowest BCUT2D eigenvalue weighted by Crippen LogP contribution is -2.41. The van der Waals surface area contributed by atoms with Gasteiger partial charge in [0.05, 0.1) is 31.1 Å². The first-order valence-electron chi connectivity index (χ1n) is 7.11. The Morgan fingerprint density at radius 1 is 1.43 bits per heavy atom. The minimum atomic E-state index is -0.0571. The number of amides is 1. The Labute approximate surface area is 124 Å². The van der Waals surface area contributed by atoms with Gasteiger partial charge in [-0.05, 0) is 6.92 Å². The topological polar surface area (TPSA) is 67.8 Å². The van der Waals surface area contributed by atoms with Crippen molar-refractivity contribution in [3.05, 3.63) is 17.5 Å². The smallest absolute Gasteiger partial charge is 0.257 e. The predicted octanol–water partition coefficient (Wildman–Crippen LogP) is 0.551. The molecule has 0 aliphatic carbocycles. The molecule has 2 heterocycles. The zero-order valence-corrected chi connectivity index (χ0v) is 12.8. The van der Waals surface area contributed by atoms with Crippen LogP contribution in [0.1, 0.15) is 23.0 Å². The van der Waals surface area contributed by atoms with Crippen LogP contribution in [-0.4, -0.2) is 67.8 Å². The Hall–Kier alpha value is -1.73. The second-order valence-electron chi connectivity index (χ2n) is 4.97. The molecule has 1 aliphatic heterocycles. The first-order chi connectivity index (χ1) is 10.1. The van der Waals surface area contributed by atoms with Crippen molar-refractivity contribution in [2.24, 2.45) is 0 Å². The van der Waals surface area contributed by atoms with Crippen LogP contribution in [0.4, 0.5) is 5.95 Å². The number of carbonyl (C=O) groups excluding carboxylic acids is 1. The summed E-state index contributed by atoms with van der Waals surface area (Å²) in [6.07, 6.45) is 1.59. The molecule has 116 valence electrons. The number of hydrogen-bond acceptors (Lipinski definition) is 6. The maximum absolute atomic E-state index is 12.6. The summed E-state index contributed by atoms with van der Waals surface area (Å²) in [6.45, 7) is 5.15. The molecule has 0 radical (unpaired) electrons. The number of carbonyl (C=O) groups is 1. The molecule has 2 rings (SSSR count). The molecule has 0 bridgehead atoms. The summed E-state index contributed by atoms with van der Waals surface area (Å²) in [5.41, 5.74) is 1.14. The summed E-state index contributed by atoms with van der Waals surface area (Å²) in [6, 6.07) is 0. The van der Waals surface area contributed by atoms with Gasteiger partial charge in [-0.3, -0.25) is 4.79 Å². The fourth-order valence-corrected chi connectivity index (χ4v) is 2.05. The molecule has 0 aromatic carbocycles. The van der Waals surface area contributed by atoms with Gasteiger partial charge >= 0.3 is 0 Å². The molecule has 0 atom stereocenters. The molecule has 0 unspecified atom stereocenters. The first kappa shape index (κ1) is 15.7. The standard InChI is InChI=1S/C14H22N4O3/c1-4-20-10-12-11(9-15-14(16-12)17(2)3)13(19)18-5-7-21-8-6-18/h9H,4-8,10H2,1-3H3. The summed E-state index contributed by atoms with van der Waals surface area (Å²) in [4.78, 5) is 24.8. The Kier molecular flexibility index (Phi) is 5.46. The summed E-state index contributed by atoms with van der Waals surface area (Å²) < 4.78 is 10.7. The molecule has 1 aromatic rings. The monoisotopic (exact) mass is 294 g/mol. The molecule has 1 amide bonds. The van der Waals surface area contributed by atoms with Crippen LogP contribution in [0.25, 0.3) is 0 Å². The van der Waals surface area contributed by atoms with Crippen LogP contribution in [0, 0.1) is 0 Å². The fourth-order valence-electron chi connectivity index (χ4n) is 2.05. The quantitative estimate of drug-likeness (QED) is 0.790. The van der Waals surface area contributed by atoms with E-state index in [1.807, 2.05) is 21.0 Å². The summed E-state index contributed by atoms with van der Waals surface area (Å²) >= 11 is 0. The molecule has 1 fully saturated rings. The highest BCUT2D eigenvalue weighted by Crippen LogP contribution is 2.15. The van der Waals surface area contributed by atoms with Gasteiger partial charge in [-0.1, -0.05) is 0 Å². The molecular weight excluding hydrogens is 272 g/mol. The van der Waals surface area contributed by atoms with E-state index in [-0.39, 0.29) is 5.91 Å². The van der Waals surface area contributed by atoms with Crippen molar-refractivity contribution < 1.29 is 14.3 Å². The summed E-state index contributed by atoms with van der Waals surface area (Å²) in [5, 5.41) is 0. The zero-order valence-electron chi connectivity index (χ0n) is 12.8. The Morgan fingerprint density at radius 2 is 2.14 bits per heavy atom. The number of hydrogen-bond donors (Lipinski definition) is 0. The third kappa shape index (κ3) is 3.89. The normalized spacial score (nSPS) is 15.1. The van der Waals surface area contributed by atoms with Crippen molar-refractivity contribution in [2.75, 3.05) is 51.9 Å². The molecule has 1 saturated heterocycles. The van der Waals surface area contributed by atoms with Gasteiger partial charge in [0.1, 0.15) is 0 Å². The average Bonchev–Trinajstić information content (AvgIpc) is 2.52. The van der Waals surface area contributed by atoms with E-state index in [2.05, 4.69) is 9.97 Å². The molecular formula is C14H22N4O3. The van der Waals surface area contributed by atoms with Crippen LogP contribution in [0.5, 0.6) is 0 Å². The van der Waals surface area contributed by atoms with Crippen LogP contribution < -0.4 is 4.90 Å². The van der Waals surface area contributed by atoms with Crippen LogP contribution in [0.2, 0.25) is 0 Å². The van der Waals surface area contributed by atoms with Crippen molar-refractivity contribution in [1.29, 1.82) is 0 Å². The van der Waals surface area contributed by atoms with Gasteiger partial charge in [-0.2, -0.15) is 0 Å². The van der Waals surface area contributed by atoms with Crippen molar-refractivity contribution in [1.82, 2.24) is 14.9 Å². The van der Waals surface area contributed by atoms with Crippen LogP contribution in [0.3, 0.4) is 0 Å². The van der Waals surface area contributed by atoms with E-state index >= 15 is 0 Å². The Bertz CT molecular complexity index is 487. The van der Waals surface area contributed by atoms with E-state index in [9.17, 15) is 4.79 Å². The number of nitrogens with zero attached hydrogens (tertiary/aromatic N) is 4. The largest absolute Gasteiger partial charge is 0.378 e. The van der Waals surface area contributed by atoms with Gasteiger partial charge in [0, 0.05) is 40.0 Å². The fraction of sp³-hybridized carbons (Fsp3) is 0.643. The van der Waals surface area contributed by atoms with Crippen LogP contribution >= 0.6 is 0 Å². The maximum Gasteiger partial charge on any atom is 0.257 e. The number of morpholine rings is 1. The maximum atomic E-state index is 12.6. The van der Waals surface area contributed by atoms with Crippen LogP contribution in [0.15, 0.2) is 6.20 Å². The minimum absolute atomic E-state index is 0.0571. The first-order valence-corrected chi connectivity index (χ1v) is 7.11. The van der Waals surface area contributed by atoms with E-state index in [1.165, 1.54) is 0 Å². The third-order valence-electron chi connectivity index (χ3n) is 3.23. The van der Waals surface area contributed by atoms with Crippen molar-refractivity contribution in [3.8, 4) is 0 Å². The van der Waals surface area contributed by atoms with E-state index in [0.29, 0.717) is 56.7 Å². The number of ether oxygens (including phenoxy) is 2. The third-order valence-corrected chi connectivity index (χ3v) is 3.23. The number of aromatic nitrogens is 2. The lowest BCUT2D eigenvalue weighted by atomic mass is 10.2. The Balaban J connectivity index is 2.25. The number of rotatable bonds is 5. The molecule has 7 heteroatoms. The lowest BCUT2D eigenvalue weighted by Gasteiger charge is -2.27. The minimum Gasteiger partial charge on any atom is -0.378 e. The lowest BCUT2D eigenvalue weighted by molar-refractivity contribution is 0.0298. The number of anilines is 1. The molecule has 0 spiro atoms. The van der Waals surface area contributed by atoms with E-state index in [1.54, 1.807) is 16.0 Å². The van der Waals surface area contributed by atoms with Gasteiger partial charge in [0.25, 0.3) is 5.91 Å². The highest BCUT2D eigenvalue weighted by molar-refractivity contribution is 5.95. The van der Waals surface area contributed by atoms with Gasteiger partial charge in [-0.25, -0.2) is 9.97 Å². The summed E-state index contributed by atoms with van der Waals surface area (Å²) in [5.74, 6) is 0.515. The summed E-state index contributed by atoms with van der Waals surface area (Å²) in [7, 11) is 3.73. The van der Waals surface area contributed by atoms with E-state index < -0.39 is 0 Å². The van der Waals surface area contributed by atoms with Crippen molar-refractivity contribution in [3.63, 3.8) is 0 Å². The van der Waals surface area contributed by atoms with Gasteiger partial charge < -0.3 is 19.3 Å². The second kappa shape index (κ2) is 7.33. The predicted molar refractivity (Wildman–Crippen MR) is 78.4 cm³/mol. The molecule has 7 nitrogen and oxygen atoms in total. The molecule has 0 N–H and O–H groups in total. The van der Waals surface area contributed by atoms with Crippen LogP contribution in [-0.2, 0) is 16.1 Å². The molecule has 0 saturated carbocycles. The zero-order chi connectivity index (χ0) is 15.2. The van der Waals surface area contributed by atoms with Gasteiger partial charge in [-0.15, -0.1) is 0 Å². The van der Waals surface area contributed by atoms with E-state index in [0.717, 1.165) is 0 Å².